The van der Waals surface area contributed by atoms with Gasteiger partial charge in [-0.05, 0) is 55.5 Å². The van der Waals surface area contributed by atoms with Crippen LogP contribution in [0.2, 0.25) is 5.02 Å². The van der Waals surface area contributed by atoms with Crippen molar-refractivity contribution in [2.24, 2.45) is 17.6 Å². The van der Waals surface area contributed by atoms with Gasteiger partial charge in [-0.25, -0.2) is 0 Å². The van der Waals surface area contributed by atoms with Gasteiger partial charge in [-0.1, -0.05) is 18.0 Å². The minimum atomic E-state index is 0.0893. The summed E-state index contributed by atoms with van der Waals surface area (Å²) in [6.07, 6.45) is 4.13. The molecular weight excluding hydrogens is 304 g/mol. The van der Waals surface area contributed by atoms with E-state index in [1.54, 1.807) is 0 Å². The zero-order valence-electron chi connectivity index (χ0n) is 12.0. The second kappa shape index (κ2) is 6.59. The minimum Gasteiger partial charge on any atom is -0.349 e. The summed E-state index contributed by atoms with van der Waals surface area (Å²) in [4.78, 5) is 13.8. The van der Waals surface area contributed by atoms with Crippen LogP contribution >= 0.6 is 23.4 Å². The summed E-state index contributed by atoms with van der Waals surface area (Å²) < 4.78 is 0. The lowest BCUT2D eigenvalue weighted by atomic mass is 9.94. The molecule has 5 heteroatoms. The van der Waals surface area contributed by atoms with E-state index in [0.717, 1.165) is 42.0 Å². The summed E-state index contributed by atoms with van der Waals surface area (Å²) in [6.45, 7) is 0.612. The first-order valence-electron chi connectivity index (χ1n) is 7.61. The Morgan fingerprint density at radius 1 is 1.38 bits per heavy atom. The molecule has 0 radical (unpaired) electrons. The molecule has 1 amide bonds. The van der Waals surface area contributed by atoms with E-state index in [1.807, 2.05) is 23.9 Å². The molecule has 114 valence electrons. The Morgan fingerprint density at radius 3 is 3.05 bits per heavy atom. The number of carbonyl (C=O) groups is 1. The highest BCUT2D eigenvalue weighted by molar-refractivity contribution is 7.99. The number of carbonyl (C=O) groups excluding carboxylic acids is 1. The molecular formula is C16H21ClN2OS. The maximum atomic E-state index is 12.6. The van der Waals surface area contributed by atoms with Crippen LogP contribution in [-0.2, 0) is 4.79 Å². The van der Waals surface area contributed by atoms with Crippen molar-refractivity contribution in [3.63, 3.8) is 0 Å². The number of benzene rings is 1. The van der Waals surface area contributed by atoms with Crippen molar-refractivity contribution < 1.29 is 4.79 Å². The van der Waals surface area contributed by atoms with Gasteiger partial charge in [-0.3, -0.25) is 4.79 Å². The fourth-order valence-electron chi connectivity index (χ4n) is 3.46. The topological polar surface area (TPSA) is 55.1 Å². The maximum Gasteiger partial charge on any atom is 0.223 e. The molecule has 1 fully saturated rings. The van der Waals surface area contributed by atoms with E-state index in [2.05, 4.69) is 11.4 Å². The van der Waals surface area contributed by atoms with Crippen molar-refractivity contribution in [2.75, 3.05) is 12.3 Å². The van der Waals surface area contributed by atoms with Crippen LogP contribution < -0.4 is 11.1 Å². The number of rotatable bonds is 3. The standard InChI is InChI=1S/C16H21ClN2OS/c17-11-4-5-15-13(8-11)14(6-7-21-15)19-16(20)12-3-1-2-10(12)9-18/h4-5,8,10,12,14H,1-3,6-7,9,18H2,(H,19,20). The lowest BCUT2D eigenvalue weighted by molar-refractivity contribution is -0.126. The molecule has 1 aliphatic carbocycles. The number of hydrogen-bond donors (Lipinski definition) is 2. The van der Waals surface area contributed by atoms with Gasteiger partial charge in [-0.2, -0.15) is 0 Å². The van der Waals surface area contributed by atoms with Crippen molar-refractivity contribution in [1.82, 2.24) is 5.32 Å². The number of halogens is 1. The highest BCUT2D eigenvalue weighted by Gasteiger charge is 2.33. The molecule has 1 aromatic carbocycles. The quantitative estimate of drug-likeness (QED) is 0.896. The van der Waals surface area contributed by atoms with Gasteiger partial charge >= 0.3 is 0 Å². The summed E-state index contributed by atoms with van der Waals surface area (Å²) in [5.41, 5.74) is 6.95. The molecule has 1 heterocycles. The van der Waals surface area contributed by atoms with Crippen molar-refractivity contribution in [2.45, 2.75) is 36.6 Å². The first kappa shape index (κ1) is 15.2. The van der Waals surface area contributed by atoms with Gasteiger partial charge in [0.15, 0.2) is 0 Å². The zero-order valence-corrected chi connectivity index (χ0v) is 13.6. The van der Waals surface area contributed by atoms with Crippen molar-refractivity contribution in [1.29, 1.82) is 0 Å². The van der Waals surface area contributed by atoms with Crippen LogP contribution in [0.15, 0.2) is 23.1 Å². The summed E-state index contributed by atoms with van der Waals surface area (Å²) in [6, 6.07) is 6.05. The average molecular weight is 325 g/mol. The summed E-state index contributed by atoms with van der Waals surface area (Å²) in [5.74, 6) is 1.64. The lowest BCUT2D eigenvalue weighted by Crippen LogP contribution is -2.38. The van der Waals surface area contributed by atoms with Crippen LogP contribution in [0.4, 0.5) is 0 Å². The first-order valence-corrected chi connectivity index (χ1v) is 8.98. The van der Waals surface area contributed by atoms with Crippen LogP contribution in [0.5, 0.6) is 0 Å². The van der Waals surface area contributed by atoms with E-state index in [1.165, 1.54) is 4.90 Å². The Balaban J connectivity index is 1.74. The number of fused-ring (bicyclic) bond motifs is 1. The summed E-state index contributed by atoms with van der Waals surface area (Å²) in [5, 5.41) is 3.97. The predicted octanol–water partition coefficient (Wildman–Crippen LogP) is 3.37. The van der Waals surface area contributed by atoms with Crippen LogP contribution in [0.3, 0.4) is 0 Å². The van der Waals surface area contributed by atoms with Crippen LogP contribution in [0.25, 0.3) is 0 Å². The number of hydrogen-bond acceptors (Lipinski definition) is 3. The highest BCUT2D eigenvalue weighted by atomic mass is 35.5. The molecule has 0 saturated heterocycles. The maximum absolute atomic E-state index is 12.6. The van der Waals surface area contributed by atoms with Crippen molar-refractivity contribution >= 4 is 29.3 Å². The van der Waals surface area contributed by atoms with Gasteiger partial charge in [0.1, 0.15) is 0 Å². The van der Waals surface area contributed by atoms with Crippen LogP contribution in [-0.4, -0.2) is 18.2 Å². The first-order chi connectivity index (χ1) is 10.2. The third-order valence-corrected chi connectivity index (χ3v) is 5.98. The smallest absolute Gasteiger partial charge is 0.223 e. The van der Waals surface area contributed by atoms with E-state index in [4.69, 9.17) is 17.3 Å². The number of thioether (sulfide) groups is 1. The summed E-state index contributed by atoms with van der Waals surface area (Å²) in [7, 11) is 0. The second-order valence-electron chi connectivity index (χ2n) is 5.91. The fourth-order valence-corrected chi connectivity index (χ4v) is 4.74. The van der Waals surface area contributed by atoms with E-state index >= 15 is 0 Å². The van der Waals surface area contributed by atoms with E-state index in [9.17, 15) is 4.79 Å². The Morgan fingerprint density at radius 2 is 2.24 bits per heavy atom. The number of nitrogens with two attached hydrogens (primary N) is 1. The largest absolute Gasteiger partial charge is 0.349 e. The third-order valence-electron chi connectivity index (χ3n) is 4.63. The van der Waals surface area contributed by atoms with Crippen molar-refractivity contribution in [3.05, 3.63) is 28.8 Å². The molecule has 1 aliphatic heterocycles. The van der Waals surface area contributed by atoms with Gasteiger partial charge < -0.3 is 11.1 Å². The molecule has 0 spiro atoms. The van der Waals surface area contributed by atoms with Gasteiger partial charge in [0.05, 0.1) is 6.04 Å². The third kappa shape index (κ3) is 3.22. The normalized spacial score (nSPS) is 28.2. The number of nitrogens with one attached hydrogen (secondary N) is 1. The molecule has 3 nitrogen and oxygen atoms in total. The number of amides is 1. The van der Waals surface area contributed by atoms with E-state index < -0.39 is 0 Å². The average Bonchev–Trinajstić information content (AvgIpc) is 2.96. The van der Waals surface area contributed by atoms with Crippen molar-refractivity contribution in [3.8, 4) is 0 Å². The lowest BCUT2D eigenvalue weighted by Gasteiger charge is -2.28. The molecule has 2 aliphatic rings. The summed E-state index contributed by atoms with van der Waals surface area (Å²) >= 11 is 7.95. The van der Waals surface area contributed by atoms with Gasteiger partial charge in [0.2, 0.25) is 5.91 Å². The predicted molar refractivity (Wildman–Crippen MR) is 87.6 cm³/mol. The Kier molecular flexibility index (Phi) is 4.77. The highest BCUT2D eigenvalue weighted by Crippen LogP contribution is 2.38. The van der Waals surface area contributed by atoms with E-state index in [-0.39, 0.29) is 17.9 Å². The van der Waals surface area contributed by atoms with Gasteiger partial charge in [-0.15, -0.1) is 11.8 Å². The molecule has 3 unspecified atom stereocenters. The second-order valence-corrected chi connectivity index (χ2v) is 7.49. The van der Waals surface area contributed by atoms with Crippen LogP contribution in [0, 0.1) is 11.8 Å². The molecule has 1 saturated carbocycles. The molecule has 3 N–H and O–H groups in total. The zero-order chi connectivity index (χ0) is 14.8. The SMILES string of the molecule is NCC1CCCC1C(=O)NC1CCSc2ccc(Cl)cc21. The molecule has 0 bridgehead atoms. The Hall–Kier alpha value is -0.710. The van der Waals surface area contributed by atoms with Crippen LogP contribution in [0.1, 0.15) is 37.3 Å². The molecule has 21 heavy (non-hydrogen) atoms. The van der Waals surface area contributed by atoms with Gasteiger partial charge in [0, 0.05) is 21.6 Å². The fraction of sp³-hybridized carbons (Fsp3) is 0.562. The molecule has 3 atom stereocenters. The minimum absolute atomic E-state index is 0.0893. The van der Waals surface area contributed by atoms with Gasteiger partial charge in [0.25, 0.3) is 0 Å². The molecule has 3 rings (SSSR count). The van der Waals surface area contributed by atoms with E-state index in [0.29, 0.717) is 12.5 Å². The molecule has 1 aromatic rings. The molecule has 0 aromatic heterocycles. The monoisotopic (exact) mass is 324 g/mol. The Labute approximate surface area is 135 Å². The Bertz CT molecular complexity index is 537.